The zero-order valence-electron chi connectivity index (χ0n) is 13.7. The first-order valence-electron chi connectivity index (χ1n) is 8.29. The second-order valence-corrected chi connectivity index (χ2v) is 6.23. The summed E-state index contributed by atoms with van der Waals surface area (Å²) in [7, 11) is 0. The Labute approximate surface area is 137 Å². The Morgan fingerprint density at radius 1 is 1.13 bits per heavy atom. The molecule has 3 rings (SSSR count). The molecule has 1 aliphatic rings. The molecule has 1 saturated heterocycles. The average Bonchev–Trinajstić information content (AvgIpc) is 3.07. The minimum absolute atomic E-state index is 0.233. The number of benzene rings is 1. The van der Waals surface area contributed by atoms with Gasteiger partial charge in [0.05, 0.1) is 6.26 Å². The van der Waals surface area contributed by atoms with Crippen molar-refractivity contribution in [3.05, 3.63) is 59.5 Å². The van der Waals surface area contributed by atoms with Crippen molar-refractivity contribution in [3.8, 4) is 0 Å². The number of hydrogen-bond acceptors (Lipinski definition) is 3. The minimum atomic E-state index is 0.233. The Kier molecular flexibility index (Phi) is 5.13. The summed E-state index contributed by atoms with van der Waals surface area (Å²) in [5, 5.41) is 0. The maximum atomic E-state index is 12.3. The number of hydrogen-bond donors (Lipinski definition) is 0. The highest BCUT2D eigenvalue weighted by molar-refractivity contribution is 5.76. The molecule has 0 N–H and O–H groups in total. The lowest BCUT2D eigenvalue weighted by Crippen LogP contribution is -2.48. The fourth-order valence-electron chi connectivity index (χ4n) is 3.07. The van der Waals surface area contributed by atoms with Gasteiger partial charge in [0.25, 0.3) is 0 Å². The molecular formula is C19H24N2O2. The summed E-state index contributed by atoms with van der Waals surface area (Å²) in [6, 6.07) is 12.4. The molecule has 2 aromatic rings. The van der Waals surface area contributed by atoms with Gasteiger partial charge < -0.3 is 9.32 Å². The maximum Gasteiger partial charge on any atom is 0.223 e. The van der Waals surface area contributed by atoms with Crippen LogP contribution in [0.25, 0.3) is 0 Å². The molecule has 122 valence electrons. The number of piperazine rings is 1. The van der Waals surface area contributed by atoms with Crippen LogP contribution in [0.4, 0.5) is 0 Å². The molecular weight excluding hydrogens is 288 g/mol. The molecule has 23 heavy (non-hydrogen) atoms. The smallest absolute Gasteiger partial charge is 0.223 e. The average molecular weight is 312 g/mol. The number of nitrogens with zero attached hydrogens (tertiary/aromatic N) is 2. The third-order valence-electron chi connectivity index (χ3n) is 4.38. The molecule has 1 aliphatic heterocycles. The summed E-state index contributed by atoms with van der Waals surface area (Å²) >= 11 is 0. The molecule has 4 heteroatoms. The van der Waals surface area contributed by atoms with Crippen molar-refractivity contribution >= 4 is 5.91 Å². The fourth-order valence-corrected chi connectivity index (χ4v) is 3.07. The zero-order valence-corrected chi connectivity index (χ0v) is 13.7. The van der Waals surface area contributed by atoms with Crippen LogP contribution in [0.1, 0.15) is 23.3 Å². The van der Waals surface area contributed by atoms with E-state index in [1.165, 1.54) is 11.1 Å². The lowest BCUT2D eigenvalue weighted by molar-refractivity contribution is -0.133. The number of furan rings is 1. The molecule has 0 spiro atoms. The third kappa shape index (κ3) is 4.45. The molecule has 1 amide bonds. The molecule has 1 fully saturated rings. The van der Waals surface area contributed by atoms with Crippen LogP contribution in [0.5, 0.6) is 0 Å². The van der Waals surface area contributed by atoms with Crippen LogP contribution in [0.2, 0.25) is 0 Å². The SMILES string of the molecule is Cc1cccc(CN2CCN(C(=O)CCc3ccco3)CC2)c1. The monoisotopic (exact) mass is 312 g/mol. The molecule has 0 saturated carbocycles. The Bertz CT molecular complexity index is 629. The summed E-state index contributed by atoms with van der Waals surface area (Å²) in [5.41, 5.74) is 2.65. The highest BCUT2D eigenvalue weighted by Gasteiger charge is 2.21. The van der Waals surface area contributed by atoms with E-state index in [4.69, 9.17) is 4.42 Å². The van der Waals surface area contributed by atoms with Crippen molar-refractivity contribution in [1.29, 1.82) is 0 Å². The molecule has 1 aromatic carbocycles. The Balaban J connectivity index is 1.43. The van der Waals surface area contributed by atoms with Crippen molar-refractivity contribution in [3.63, 3.8) is 0 Å². The van der Waals surface area contributed by atoms with E-state index in [0.29, 0.717) is 12.8 Å². The highest BCUT2D eigenvalue weighted by atomic mass is 16.3. The van der Waals surface area contributed by atoms with Gasteiger partial charge in [0.2, 0.25) is 5.91 Å². The first-order valence-corrected chi connectivity index (χ1v) is 8.29. The molecule has 4 nitrogen and oxygen atoms in total. The summed E-state index contributed by atoms with van der Waals surface area (Å²) in [6.07, 6.45) is 2.88. The van der Waals surface area contributed by atoms with Gasteiger partial charge >= 0.3 is 0 Å². The van der Waals surface area contributed by atoms with E-state index in [9.17, 15) is 4.79 Å². The zero-order chi connectivity index (χ0) is 16.1. The van der Waals surface area contributed by atoms with E-state index in [0.717, 1.165) is 38.5 Å². The van der Waals surface area contributed by atoms with E-state index in [2.05, 4.69) is 36.1 Å². The quantitative estimate of drug-likeness (QED) is 0.852. The minimum Gasteiger partial charge on any atom is -0.469 e. The molecule has 2 heterocycles. The van der Waals surface area contributed by atoms with Crippen molar-refractivity contribution in [2.24, 2.45) is 0 Å². The van der Waals surface area contributed by atoms with E-state index in [-0.39, 0.29) is 5.91 Å². The van der Waals surface area contributed by atoms with Gasteiger partial charge in [0, 0.05) is 45.6 Å². The van der Waals surface area contributed by atoms with Gasteiger partial charge in [-0.3, -0.25) is 9.69 Å². The number of rotatable bonds is 5. The largest absolute Gasteiger partial charge is 0.469 e. The van der Waals surface area contributed by atoms with E-state index < -0.39 is 0 Å². The van der Waals surface area contributed by atoms with Crippen LogP contribution in [0.15, 0.2) is 47.1 Å². The van der Waals surface area contributed by atoms with E-state index >= 15 is 0 Å². The first kappa shape index (κ1) is 15.8. The van der Waals surface area contributed by atoms with Crippen molar-refractivity contribution in [1.82, 2.24) is 9.80 Å². The Morgan fingerprint density at radius 2 is 1.96 bits per heavy atom. The number of amides is 1. The third-order valence-corrected chi connectivity index (χ3v) is 4.38. The summed E-state index contributed by atoms with van der Waals surface area (Å²) in [6.45, 7) is 6.63. The first-order chi connectivity index (χ1) is 11.2. The van der Waals surface area contributed by atoms with E-state index in [1.807, 2.05) is 17.0 Å². The highest BCUT2D eigenvalue weighted by Crippen LogP contribution is 2.12. The van der Waals surface area contributed by atoms with Crippen LogP contribution in [-0.2, 0) is 17.8 Å². The Morgan fingerprint density at radius 3 is 2.65 bits per heavy atom. The number of carbonyl (C=O) groups is 1. The predicted octanol–water partition coefficient (Wildman–Crippen LogP) is 2.87. The topological polar surface area (TPSA) is 36.7 Å². The van der Waals surface area contributed by atoms with Crippen LogP contribution < -0.4 is 0 Å². The van der Waals surface area contributed by atoms with Gasteiger partial charge in [-0.05, 0) is 24.6 Å². The molecule has 0 radical (unpaired) electrons. The van der Waals surface area contributed by atoms with Gasteiger partial charge in [0.1, 0.15) is 5.76 Å². The van der Waals surface area contributed by atoms with Gasteiger partial charge in [-0.25, -0.2) is 0 Å². The summed E-state index contributed by atoms with van der Waals surface area (Å²) in [5.74, 6) is 1.12. The second kappa shape index (κ2) is 7.47. The molecule has 0 atom stereocenters. The number of aryl methyl sites for hydroxylation is 2. The van der Waals surface area contributed by atoms with Crippen LogP contribution in [0.3, 0.4) is 0 Å². The normalized spacial score (nSPS) is 15.8. The van der Waals surface area contributed by atoms with Crippen LogP contribution >= 0.6 is 0 Å². The van der Waals surface area contributed by atoms with Crippen molar-refractivity contribution in [2.45, 2.75) is 26.3 Å². The van der Waals surface area contributed by atoms with Gasteiger partial charge in [-0.1, -0.05) is 29.8 Å². The predicted molar refractivity (Wildman–Crippen MR) is 90.1 cm³/mol. The van der Waals surface area contributed by atoms with E-state index in [1.54, 1.807) is 6.26 Å². The number of carbonyl (C=O) groups excluding carboxylic acids is 1. The standard InChI is InChI=1S/C19H24N2O2/c1-16-4-2-5-17(14-16)15-20-9-11-21(12-10-20)19(22)8-7-18-6-3-13-23-18/h2-6,13-14H,7-12,15H2,1H3. The molecule has 1 aromatic heterocycles. The van der Waals surface area contributed by atoms with Crippen LogP contribution in [-0.4, -0.2) is 41.9 Å². The lowest BCUT2D eigenvalue weighted by atomic mass is 10.1. The molecule has 0 unspecified atom stereocenters. The fraction of sp³-hybridized carbons (Fsp3) is 0.421. The van der Waals surface area contributed by atoms with Gasteiger partial charge in [-0.15, -0.1) is 0 Å². The second-order valence-electron chi connectivity index (χ2n) is 6.23. The van der Waals surface area contributed by atoms with Crippen LogP contribution in [0, 0.1) is 6.92 Å². The maximum absolute atomic E-state index is 12.3. The lowest BCUT2D eigenvalue weighted by Gasteiger charge is -2.34. The van der Waals surface area contributed by atoms with Crippen molar-refractivity contribution in [2.75, 3.05) is 26.2 Å². The summed E-state index contributed by atoms with van der Waals surface area (Å²) < 4.78 is 5.29. The van der Waals surface area contributed by atoms with Crippen molar-refractivity contribution < 1.29 is 9.21 Å². The van der Waals surface area contributed by atoms with Gasteiger partial charge in [-0.2, -0.15) is 0 Å². The molecule has 0 aliphatic carbocycles. The summed E-state index contributed by atoms with van der Waals surface area (Å²) in [4.78, 5) is 16.7. The Hall–Kier alpha value is -2.07. The van der Waals surface area contributed by atoms with Gasteiger partial charge in [0.15, 0.2) is 0 Å². The molecule has 0 bridgehead atoms.